The van der Waals surface area contributed by atoms with Crippen LogP contribution in [0.4, 0.5) is 10.5 Å². The van der Waals surface area contributed by atoms with Crippen LogP contribution in [0.3, 0.4) is 0 Å². The summed E-state index contributed by atoms with van der Waals surface area (Å²) in [6.07, 6.45) is 5.90. The lowest BCUT2D eigenvalue weighted by molar-refractivity contribution is -0.141. The predicted molar refractivity (Wildman–Crippen MR) is 99.0 cm³/mol. The fourth-order valence-corrected chi connectivity index (χ4v) is 3.01. The Kier molecular flexibility index (Phi) is 7.44. The van der Waals surface area contributed by atoms with E-state index in [-0.39, 0.29) is 24.5 Å². The zero-order valence-corrected chi connectivity index (χ0v) is 15.1. The van der Waals surface area contributed by atoms with Gasteiger partial charge in [0.1, 0.15) is 0 Å². The molecule has 7 nitrogen and oxygen atoms in total. The number of anilines is 1. The number of urea groups is 1. The molecule has 0 aliphatic heterocycles. The van der Waals surface area contributed by atoms with Gasteiger partial charge in [0.05, 0.1) is 12.5 Å². The van der Waals surface area contributed by atoms with Crippen molar-refractivity contribution in [3.05, 3.63) is 29.8 Å². The van der Waals surface area contributed by atoms with Crippen molar-refractivity contribution >= 4 is 23.6 Å². The number of aliphatic carboxylic acids is 1. The summed E-state index contributed by atoms with van der Waals surface area (Å²) in [5, 5.41) is 17.1. The Labute approximate surface area is 153 Å². The van der Waals surface area contributed by atoms with E-state index in [2.05, 4.69) is 16.0 Å². The normalized spacial score (nSPS) is 15.7. The average Bonchev–Trinajstić information content (AvgIpc) is 2.62. The van der Waals surface area contributed by atoms with E-state index in [9.17, 15) is 14.4 Å². The smallest absolute Gasteiger partial charge is 0.315 e. The van der Waals surface area contributed by atoms with Gasteiger partial charge < -0.3 is 21.1 Å². The van der Waals surface area contributed by atoms with Gasteiger partial charge in [0.15, 0.2) is 0 Å². The summed E-state index contributed by atoms with van der Waals surface area (Å²) >= 11 is 0. The van der Waals surface area contributed by atoms with Gasteiger partial charge in [-0.2, -0.15) is 0 Å². The van der Waals surface area contributed by atoms with Crippen LogP contribution in [0.1, 0.15) is 44.6 Å². The van der Waals surface area contributed by atoms with Crippen molar-refractivity contribution in [2.45, 2.75) is 51.5 Å². The fourth-order valence-electron chi connectivity index (χ4n) is 3.01. The van der Waals surface area contributed by atoms with E-state index in [4.69, 9.17) is 5.11 Å². The molecule has 142 valence electrons. The van der Waals surface area contributed by atoms with Crippen molar-refractivity contribution in [3.8, 4) is 0 Å². The van der Waals surface area contributed by atoms with Crippen LogP contribution in [-0.2, 0) is 16.0 Å². The lowest BCUT2D eigenvalue weighted by atomic mass is 9.96. The van der Waals surface area contributed by atoms with E-state index in [0.29, 0.717) is 12.1 Å². The van der Waals surface area contributed by atoms with Gasteiger partial charge in [-0.05, 0) is 37.0 Å². The molecule has 1 atom stereocenters. The second-order valence-corrected chi connectivity index (χ2v) is 6.85. The van der Waals surface area contributed by atoms with Gasteiger partial charge in [0, 0.05) is 11.7 Å². The third-order valence-corrected chi connectivity index (χ3v) is 4.55. The van der Waals surface area contributed by atoms with E-state index in [1.54, 1.807) is 31.2 Å². The largest absolute Gasteiger partial charge is 0.481 e. The number of hydrogen-bond acceptors (Lipinski definition) is 3. The molecule has 0 spiro atoms. The minimum atomic E-state index is -0.833. The Bertz CT molecular complexity index is 624. The first kappa shape index (κ1) is 19.8. The van der Waals surface area contributed by atoms with Crippen molar-refractivity contribution < 1.29 is 19.5 Å². The van der Waals surface area contributed by atoms with Gasteiger partial charge in [-0.25, -0.2) is 4.79 Å². The average molecular weight is 361 g/mol. The van der Waals surface area contributed by atoms with Crippen LogP contribution in [0.2, 0.25) is 0 Å². The summed E-state index contributed by atoms with van der Waals surface area (Å²) in [5.74, 6) is -1.60. The molecule has 26 heavy (non-hydrogen) atoms. The Morgan fingerprint density at radius 3 is 2.38 bits per heavy atom. The van der Waals surface area contributed by atoms with Crippen LogP contribution in [0.25, 0.3) is 0 Å². The highest BCUT2D eigenvalue weighted by molar-refractivity contribution is 5.94. The Morgan fingerprint density at radius 2 is 1.77 bits per heavy atom. The number of carbonyl (C=O) groups is 3. The van der Waals surface area contributed by atoms with Crippen molar-refractivity contribution in [2.75, 3.05) is 11.9 Å². The molecule has 1 fully saturated rings. The van der Waals surface area contributed by atoms with Crippen LogP contribution in [-0.4, -0.2) is 35.6 Å². The number of hydrogen-bond donors (Lipinski definition) is 4. The number of benzene rings is 1. The van der Waals surface area contributed by atoms with Gasteiger partial charge in [0.25, 0.3) is 0 Å². The molecule has 0 bridgehead atoms. The molecule has 0 heterocycles. The predicted octanol–water partition coefficient (Wildman–Crippen LogP) is 2.52. The zero-order valence-electron chi connectivity index (χ0n) is 15.1. The molecular weight excluding hydrogens is 334 g/mol. The first-order valence-electron chi connectivity index (χ1n) is 9.10. The number of amides is 3. The zero-order chi connectivity index (χ0) is 18.9. The molecule has 0 saturated heterocycles. The molecule has 1 aromatic carbocycles. The van der Waals surface area contributed by atoms with Crippen LogP contribution in [0.15, 0.2) is 24.3 Å². The van der Waals surface area contributed by atoms with Crippen molar-refractivity contribution in [1.82, 2.24) is 10.6 Å². The molecule has 1 unspecified atom stereocenters. The number of carbonyl (C=O) groups excluding carboxylic acids is 2. The van der Waals surface area contributed by atoms with E-state index < -0.39 is 11.9 Å². The molecule has 1 aliphatic carbocycles. The topological polar surface area (TPSA) is 108 Å². The number of nitrogens with one attached hydrogen (secondary N) is 3. The van der Waals surface area contributed by atoms with Gasteiger partial charge in [0.2, 0.25) is 5.91 Å². The number of carboxylic acids is 1. The summed E-state index contributed by atoms with van der Waals surface area (Å²) in [7, 11) is 0. The van der Waals surface area contributed by atoms with Gasteiger partial charge in [-0.3, -0.25) is 9.59 Å². The number of carboxylic acid groups (broad SMARTS) is 1. The molecular formula is C19H27N3O4. The summed E-state index contributed by atoms with van der Waals surface area (Å²) in [6.45, 7) is 1.55. The lowest BCUT2D eigenvalue weighted by Gasteiger charge is -2.22. The van der Waals surface area contributed by atoms with Gasteiger partial charge in [-0.15, -0.1) is 0 Å². The first-order chi connectivity index (χ1) is 12.4. The van der Waals surface area contributed by atoms with Crippen LogP contribution >= 0.6 is 0 Å². The molecule has 3 amide bonds. The van der Waals surface area contributed by atoms with E-state index in [1.165, 1.54) is 6.42 Å². The van der Waals surface area contributed by atoms with Crippen molar-refractivity contribution in [3.63, 3.8) is 0 Å². The van der Waals surface area contributed by atoms with Crippen molar-refractivity contribution in [1.29, 1.82) is 0 Å². The van der Waals surface area contributed by atoms with Crippen LogP contribution < -0.4 is 16.0 Å². The van der Waals surface area contributed by atoms with Gasteiger partial charge >= 0.3 is 12.0 Å². The maximum atomic E-state index is 11.9. The molecule has 7 heteroatoms. The summed E-state index contributed by atoms with van der Waals surface area (Å²) in [5.41, 5.74) is 1.50. The van der Waals surface area contributed by atoms with E-state index in [1.807, 2.05) is 0 Å². The molecule has 1 aliphatic rings. The Balaban J connectivity index is 1.71. The minimum Gasteiger partial charge on any atom is -0.481 e. The quantitative estimate of drug-likeness (QED) is 0.598. The molecule has 2 rings (SSSR count). The monoisotopic (exact) mass is 361 g/mol. The second-order valence-electron chi connectivity index (χ2n) is 6.85. The van der Waals surface area contributed by atoms with Crippen molar-refractivity contribution in [2.24, 2.45) is 5.92 Å². The van der Waals surface area contributed by atoms with Crippen LogP contribution in [0.5, 0.6) is 0 Å². The molecule has 0 radical (unpaired) electrons. The summed E-state index contributed by atoms with van der Waals surface area (Å²) < 4.78 is 0. The third kappa shape index (κ3) is 6.74. The Hall–Kier alpha value is -2.57. The maximum Gasteiger partial charge on any atom is 0.315 e. The van der Waals surface area contributed by atoms with Crippen LogP contribution in [0, 0.1) is 5.92 Å². The molecule has 4 N–H and O–H groups in total. The highest BCUT2D eigenvalue weighted by atomic mass is 16.4. The third-order valence-electron chi connectivity index (χ3n) is 4.55. The second kappa shape index (κ2) is 9.79. The SMILES string of the molecule is CC(Cc1ccc(NC(=O)CNC(=O)NC2CCCCC2)cc1)C(=O)O. The Morgan fingerprint density at radius 1 is 1.12 bits per heavy atom. The highest BCUT2D eigenvalue weighted by Crippen LogP contribution is 2.17. The van der Waals surface area contributed by atoms with Gasteiger partial charge in [-0.1, -0.05) is 38.3 Å². The summed E-state index contributed by atoms with van der Waals surface area (Å²) in [4.78, 5) is 34.6. The van der Waals surface area contributed by atoms with E-state index >= 15 is 0 Å². The lowest BCUT2D eigenvalue weighted by Crippen LogP contribution is -2.45. The number of rotatable bonds is 7. The highest BCUT2D eigenvalue weighted by Gasteiger charge is 2.16. The molecule has 0 aromatic heterocycles. The van der Waals surface area contributed by atoms with E-state index in [0.717, 1.165) is 31.2 Å². The minimum absolute atomic E-state index is 0.101. The first-order valence-corrected chi connectivity index (χ1v) is 9.10. The maximum absolute atomic E-state index is 11.9. The fraction of sp³-hybridized carbons (Fsp3) is 0.526. The molecule has 1 saturated carbocycles. The standard InChI is InChI=1S/C19H27N3O4/c1-13(18(24)25)11-14-7-9-16(10-8-14)21-17(23)12-20-19(26)22-15-5-3-2-4-6-15/h7-10,13,15H,2-6,11-12H2,1H3,(H,21,23)(H,24,25)(H2,20,22,26). The molecule has 1 aromatic rings. The summed E-state index contributed by atoms with van der Waals surface area (Å²) in [6, 6.07) is 6.92.